The minimum atomic E-state index is -4.86. The molecule has 0 saturated heterocycles. The Labute approximate surface area is 122 Å². The fraction of sp³-hybridized carbons (Fsp3) is 0.0714. The van der Waals surface area contributed by atoms with Crippen molar-refractivity contribution in [2.45, 2.75) is 6.36 Å². The van der Waals surface area contributed by atoms with Gasteiger partial charge < -0.3 is 4.74 Å². The summed E-state index contributed by atoms with van der Waals surface area (Å²) < 4.78 is 53.8. The van der Waals surface area contributed by atoms with Gasteiger partial charge in [0.25, 0.3) is 0 Å². The minimum absolute atomic E-state index is 0.0658. The summed E-state index contributed by atoms with van der Waals surface area (Å²) in [6.07, 6.45) is -4.86. The minimum Gasteiger partial charge on any atom is -0.406 e. The first kappa shape index (κ1) is 15.1. The molecule has 0 aromatic heterocycles. The molecular formula is C14H6ClF4NO. The maximum Gasteiger partial charge on any atom is 0.573 e. The predicted octanol–water partition coefficient (Wildman–Crippen LogP) is 4.92. The summed E-state index contributed by atoms with van der Waals surface area (Å²) in [5.74, 6) is -1.17. The van der Waals surface area contributed by atoms with Crippen molar-refractivity contribution in [1.82, 2.24) is 0 Å². The molecule has 0 bridgehead atoms. The molecule has 0 amide bonds. The van der Waals surface area contributed by atoms with Crippen LogP contribution in [-0.2, 0) is 0 Å². The third-order valence-electron chi connectivity index (χ3n) is 2.52. The van der Waals surface area contributed by atoms with Gasteiger partial charge in [0.15, 0.2) is 0 Å². The molecule has 0 aliphatic heterocycles. The van der Waals surface area contributed by atoms with Crippen LogP contribution in [-0.4, -0.2) is 6.36 Å². The lowest BCUT2D eigenvalue weighted by molar-refractivity contribution is -0.274. The molecule has 2 nitrogen and oxygen atoms in total. The van der Waals surface area contributed by atoms with E-state index in [1.807, 2.05) is 6.07 Å². The molecule has 21 heavy (non-hydrogen) atoms. The second kappa shape index (κ2) is 5.62. The molecule has 0 N–H and O–H groups in total. The van der Waals surface area contributed by atoms with Crippen molar-refractivity contribution in [2.75, 3.05) is 0 Å². The fourth-order valence-electron chi connectivity index (χ4n) is 1.77. The van der Waals surface area contributed by atoms with Crippen LogP contribution in [0.5, 0.6) is 5.75 Å². The van der Waals surface area contributed by atoms with Gasteiger partial charge in [0, 0.05) is 10.6 Å². The van der Waals surface area contributed by atoms with E-state index in [2.05, 4.69) is 4.74 Å². The van der Waals surface area contributed by atoms with E-state index < -0.39 is 17.9 Å². The maximum absolute atomic E-state index is 13.3. The summed E-state index contributed by atoms with van der Waals surface area (Å²) in [5.41, 5.74) is 0.357. The maximum atomic E-state index is 13.3. The molecule has 0 aliphatic rings. The topological polar surface area (TPSA) is 33.0 Å². The predicted molar refractivity (Wildman–Crippen MR) is 68.2 cm³/mol. The number of hydrogen-bond donors (Lipinski definition) is 0. The van der Waals surface area contributed by atoms with E-state index in [0.29, 0.717) is 0 Å². The van der Waals surface area contributed by atoms with Gasteiger partial charge in [0.2, 0.25) is 0 Å². The zero-order valence-corrected chi connectivity index (χ0v) is 11.0. The molecule has 2 rings (SSSR count). The van der Waals surface area contributed by atoms with Crippen LogP contribution in [0, 0.1) is 17.1 Å². The molecule has 0 radical (unpaired) electrons. The van der Waals surface area contributed by atoms with Gasteiger partial charge in [-0.25, -0.2) is 4.39 Å². The standard InChI is InChI=1S/C14H6ClF4NO/c15-10-3-9(4-11(16)5-10)13-6-12(21-14(17,18)19)2-1-8(13)7-20/h1-6H. The van der Waals surface area contributed by atoms with Crippen LogP contribution in [0.4, 0.5) is 17.6 Å². The quantitative estimate of drug-likeness (QED) is 0.737. The van der Waals surface area contributed by atoms with Crippen molar-refractivity contribution in [3.05, 3.63) is 52.8 Å². The molecular weight excluding hydrogens is 310 g/mol. The summed E-state index contributed by atoms with van der Waals surface area (Å²) in [4.78, 5) is 0. The normalized spacial score (nSPS) is 11.0. The van der Waals surface area contributed by atoms with E-state index in [1.54, 1.807) is 0 Å². The highest BCUT2D eigenvalue weighted by molar-refractivity contribution is 6.30. The van der Waals surface area contributed by atoms with Gasteiger partial charge in [0.1, 0.15) is 11.6 Å². The number of hydrogen-bond acceptors (Lipinski definition) is 2. The highest BCUT2D eigenvalue weighted by Gasteiger charge is 2.31. The summed E-state index contributed by atoms with van der Waals surface area (Å²) in [6, 6.07) is 8.47. The van der Waals surface area contributed by atoms with Crippen molar-refractivity contribution in [1.29, 1.82) is 5.26 Å². The number of nitriles is 1. The van der Waals surface area contributed by atoms with Crippen LogP contribution in [0.1, 0.15) is 5.56 Å². The highest BCUT2D eigenvalue weighted by Crippen LogP contribution is 2.32. The molecule has 0 aliphatic carbocycles. The molecule has 0 fully saturated rings. The van der Waals surface area contributed by atoms with Crippen LogP contribution in [0.2, 0.25) is 5.02 Å². The number of alkyl halides is 3. The van der Waals surface area contributed by atoms with Crippen molar-refractivity contribution in [3.63, 3.8) is 0 Å². The molecule has 7 heteroatoms. The SMILES string of the molecule is N#Cc1ccc(OC(F)(F)F)cc1-c1cc(F)cc(Cl)c1. The van der Waals surface area contributed by atoms with Gasteiger partial charge in [0.05, 0.1) is 11.6 Å². The van der Waals surface area contributed by atoms with Gasteiger partial charge >= 0.3 is 6.36 Å². The Bertz CT molecular complexity index is 702. The number of nitrogens with zero attached hydrogens (tertiary/aromatic N) is 1. The summed E-state index contributed by atoms with van der Waals surface area (Å²) in [7, 11) is 0. The number of benzene rings is 2. The van der Waals surface area contributed by atoms with E-state index in [0.717, 1.165) is 30.3 Å². The van der Waals surface area contributed by atoms with Crippen LogP contribution in [0.25, 0.3) is 11.1 Å². The van der Waals surface area contributed by atoms with E-state index in [1.165, 1.54) is 6.07 Å². The van der Waals surface area contributed by atoms with Crippen molar-refractivity contribution < 1.29 is 22.3 Å². The van der Waals surface area contributed by atoms with Gasteiger partial charge in [-0.1, -0.05) is 11.6 Å². The summed E-state index contributed by atoms with van der Waals surface area (Å²) >= 11 is 5.71. The Morgan fingerprint density at radius 3 is 2.38 bits per heavy atom. The molecule has 0 unspecified atom stereocenters. The smallest absolute Gasteiger partial charge is 0.406 e. The molecule has 108 valence electrons. The van der Waals surface area contributed by atoms with E-state index >= 15 is 0 Å². The van der Waals surface area contributed by atoms with Gasteiger partial charge in [-0.3, -0.25) is 0 Å². The van der Waals surface area contributed by atoms with Crippen LogP contribution in [0.3, 0.4) is 0 Å². The summed E-state index contributed by atoms with van der Waals surface area (Å²) in [6.45, 7) is 0. The zero-order valence-electron chi connectivity index (χ0n) is 10.2. The van der Waals surface area contributed by atoms with Gasteiger partial charge in [-0.2, -0.15) is 5.26 Å². The number of halogens is 5. The van der Waals surface area contributed by atoms with E-state index in [9.17, 15) is 17.6 Å². The largest absolute Gasteiger partial charge is 0.573 e. The highest BCUT2D eigenvalue weighted by atomic mass is 35.5. The van der Waals surface area contributed by atoms with Crippen LogP contribution >= 0.6 is 11.6 Å². The molecule has 0 heterocycles. The third-order valence-corrected chi connectivity index (χ3v) is 2.74. The molecule has 0 atom stereocenters. The zero-order chi connectivity index (χ0) is 15.6. The Kier molecular flexibility index (Phi) is 4.05. The first-order chi connectivity index (χ1) is 9.78. The molecule has 0 saturated carbocycles. The fourth-order valence-corrected chi connectivity index (χ4v) is 1.99. The number of ether oxygens (including phenoxy) is 1. The van der Waals surface area contributed by atoms with Crippen LogP contribution < -0.4 is 4.74 Å². The first-order valence-electron chi connectivity index (χ1n) is 5.55. The van der Waals surface area contributed by atoms with E-state index in [-0.39, 0.29) is 21.7 Å². The Balaban J connectivity index is 2.55. The first-order valence-corrected chi connectivity index (χ1v) is 5.92. The molecule has 2 aromatic carbocycles. The second-order valence-corrected chi connectivity index (χ2v) is 4.46. The van der Waals surface area contributed by atoms with Crippen molar-refractivity contribution in [3.8, 4) is 22.9 Å². The average Bonchev–Trinajstić information content (AvgIpc) is 2.35. The average molecular weight is 316 g/mol. The van der Waals surface area contributed by atoms with E-state index in [4.69, 9.17) is 16.9 Å². The lowest BCUT2D eigenvalue weighted by Gasteiger charge is -2.11. The van der Waals surface area contributed by atoms with Crippen molar-refractivity contribution >= 4 is 11.6 Å². The van der Waals surface area contributed by atoms with Gasteiger partial charge in [-0.05, 0) is 42.0 Å². The molecule has 0 spiro atoms. The third kappa shape index (κ3) is 3.86. The monoisotopic (exact) mass is 315 g/mol. The second-order valence-electron chi connectivity index (χ2n) is 4.03. The van der Waals surface area contributed by atoms with Gasteiger partial charge in [-0.15, -0.1) is 13.2 Å². The lowest BCUT2D eigenvalue weighted by Crippen LogP contribution is -2.17. The molecule has 2 aromatic rings. The lowest BCUT2D eigenvalue weighted by atomic mass is 10.00. The van der Waals surface area contributed by atoms with Crippen LogP contribution in [0.15, 0.2) is 36.4 Å². The summed E-state index contributed by atoms with van der Waals surface area (Å²) in [5, 5.41) is 9.07. The number of rotatable bonds is 2. The van der Waals surface area contributed by atoms with Crippen molar-refractivity contribution in [2.24, 2.45) is 0 Å². The Hall–Kier alpha value is -2.26. The Morgan fingerprint density at radius 2 is 1.81 bits per heavy atom. The Morgan fingerprint density at radius 1 is 1.10 bits per heavy atom.